The average Bonchev–Trinajstić information content (AvgIpc) is 2.81. The minimum absolute atomic E-state index is 0.0583. The lowest BCUT2D eigenvalue weighted by atomic mass is 10.1. The number of hydrogen-bond acceptors (Lipinski definition) is 5. The number of rotatable bonds is 5. The van der Waals surface area contributed by atoms with Gasteiger partial charge >= 0.3 is 0 Å². The molecule has 1 aromatic rings. The fourth-order valence-electron chi connectivity index (χ4n) is 2.80. The van der Waals surface area contributed by atoms with Crippen molar-refractivity contribution in [3.63, 3.8) is 0 Å². The monoisotopic (exact) mass is 315 g/mol. The summed E-state index contributed by atoms with van der Waals surface area (Å²) >= 11 is 0. The van der Waals surface area contributed by atoms with Crippen LogP contribution < -0.4 is 5.32 Å². The van der Waals surface area contributed by atoms with Gasteiger partial charge in [-0.25, -0.2) is 8.42 Å². The molecular weight excluding hydrogens is 290 g/mol. The van der Waals surface area contributed by atoms with Gasteiger partial charge in [0.1, 0.15) is 4.90 Å². The van der Waals surface area contributed by atoms with Crippen LogP contribution in [0.15, 0.2) is 4.90 Å². The van der Waals surface area contributed by atoms with Crippen LogP contribution in [-0.4, -0.2) is 68.1 Å². The highest BCUT2D eigenvalue weighted by atomic mass is 32.2. The molecule has 1 saturated heterocycles. The topological polar surface area (TPSA) is 81.3 Å². The molecule has 0 saturated carbocycles. The Bertz CT molecular complexity index is 575. The van der Waals surface area contributed by atoms with Crippen molar-refractivity contribution in [2.75, 3.05) is 34.2 Å². The summed E-state index contributed by atoms with van der Waals surface area (Å²) in [6, 6.07) is 0.0583. The Morgan fingerprint density at radius 1 is 1.43 bits per heavy atom. The number of sulfonamides is 1. The molecule has 2 rings (SSSR count). The molecule has 1 fully saturated rings. The summed E-state index contributed by atoms with van der Waals surface area (Å²) in [4.78, 5) is 2.55. The SMILES string of the molecule is CNCc1n[nH]c(C)c1S(=O)(=O)N(C)C1CCN(C)CC1. The van der Waals surface area contributed by atoms with E-state index in [1.165, 1.54) is 4.31 Å². The molecule has 0 radical (unpaired) electrons. The first kappa shape index (κ1) is 16.4. The Morgan fingerprint density at radius 3 is 2.62 bits per heavy atom. The van der Waals surface area contributed by atoms with Gasteiger partial charge in [-0.2, -0.15) is 9.40 Å². The van der Waals surface area contributed by atoms with Gasteiger partial charge in [0, 0.05) is 19.6 Å². The summed E-state index contributed by atoms with van der Waals surface area (Å²) in [5.74, 6) is 0. The predicted octanol–water partition coefficient (Wildman–Crippen LogP) is 0.152. The third-order valence-corrected chi connectivity index (χ3v) is 6.26. The second kappa shape index (κ2) is 6.43. The molecule has 1 aliphatic rings. The van der Waals surface area contributed by atoms with Crippen LogP contribution in [0.5, 0.6) is 0 Å². The first-order valence-corrected chi connectivity index (χ1v) is 8.67. The largest absolute Gasteiger partial charge is 0.314 e. The van der Waals surface area contributed by atoms with E-state index in [9.17, 15) is 8.42 Å². The van der Waals surface area contributed by atoms with Gasteiger partial charge in [-0.1, -0.05) is 0 Å². The van der Waals surface area contributed by atoms with Crippen LogP contribution in [0.25, 0.3) is 0 Å². The fraction of sp³-hybridized carbons (Fsp3) is 0.769. The number of aryl methyl sites for hydroxylation is 1. The quantitative estimate of drug-likeness (QED) is 0.808. The summed E-state index contributed by atoms with van der Waals surface area (Å²) in [6.45, 7) is 4.04. The zero-order valence-electron chi connectivity index (χ0n) is 13.2. The summed E-state index contributed by atoms with van der Waals surface area (Å²) < 4.78 is 27.4. The second-order valence-corrected chi connectivity index (χ2v) is 7.64. The molecule has 21 heavy (non-hydrogen) atoms. The molecule has 0 amide bonds. The van der Waals surface area contributed by atoms with Crippen molar-refractivity contribution in [3.8, 4) is 0 Å². The van der Waals surface area contributed by atoms with Crippen molar-refractivity contribution < 1.29 is 8.42 Å². The smallest absolute Gasteiger partial charge is 0.246 e. The minimum atomic E-state index is -3.52. The van der Waals surface area contributed by atoms with Gasteiger partial charge in [0.25, 0.3) is 0 Å². The molecule has 0 bridgehead atoms. The van der Waals surface area contributed by atoms with Crippen molar-refractivity contribution in [3.05, 3.63) is 11.4 Å². The molecule has 0 atom stereocenters. The molecule has 7 nitrogen and oxygen atoms in total. The molecule has 0 spiro atoms. The van der Waals surface area contributed by atoms with Gasteiger partial charge in [-0.05, 0) is 47.0 Å². The first-order valence-electron chi connectivity index (χ1n) is 7.23. The average molecular weight is 315 g/mol. The number of piperidine rings is 1. The summed E-state index contributed by atoms with van der Waals surface area (Å²) in [5, 5.41) is 9.86. The van der Waals surface area contributed by atoms with Gasteiger partial charge in [0.15, 0.2) is 0 Å². The lowest BCUT2D eigenvalue weighted by Crippen LogP contribution is -2.44. The molecular formula is C13H25N5O2S. The van der Waals surface area contributed by atoms with E-state index in [0.717, 1.165) is 25.9 Å². The zero-order valence-corrected chi connectivity index (χ0v) is 14.0. The highest BCUT2D eigenvalue weighted by Gasteiger charge is 2.33. The van der Waals surface area contributed by atoms with Crippen molar-refractivity contribution in [2.45, 2.75) is 37.2 Å². The molecule has 0 aromatic carbocycles. The van der Waals surface area contributed by atoms with Crippen LogP contribution in [0.2, 0.25) is 0 Å². The van der Waals surface area contributed by atoms with Gasteiger partial charge in [0.2, 0.25) is 10.0 Å². The zero-order chi connectivity index (χ0) is 15.6. The third-order valence-electron chi connectivity index (χ3n) is 4.14. The molecule has 0 aliphatic carbocycles. The summed E-state index contributed by atoms with van der Waals surface area (Å²) in [7, 11) is 2.01. The molecule has 0 unspecified atom stereocenters. The van der Waals surface area contributed by atoms with Gasteiger partial charge in [-0.15, -0.1) is 0 Å². The van der Waals surface area contributed by atoms with Crippen molar-refractivity contribution >= 4 is 10.0 Å². The first-order chi connectivity index (χ1) is 9.87. The maximum atomic E-state index is 12.9. The normalized spacial score (nSPS) is 18.5. The maximum Gasteiger partial charge on any atom is 0.246 e. The Morgan fingerprint density at radius 2 is 2.05 bits per heavy atom. The van der Waals surface area contributed by atoms with Crippen molar-refractivity contribution in [1.82, 2.24) is 24.7 Å². The lowest BCUT2D eigenvalue weighted by Gasteiger charge is -2.34. The summed E-state index contributed by atoms with van der Waals surface area (Å²) in [6.07, 6.45) is 1.73. The lowest BCUT2D eigenvalue weighted by molar-refractivity contribution is 0.197. The minimum Gasteiger partial charge on any atom is -0.314 e. The second-order valence-electron chi connectivity index (χ2n) is 5.71. The van der Waals surface area contributed by atoms with Crippen molar-refractivity contribution in [1.29, 1.82) is 0 Å². The predicted molar refractivity (Wildman–Crippen MR) is 81.6 cm³/mol. The molecule has 2 heterocycles. The maximum absolute atomic E-state index is 12.9. The summed E-state index contributed by atoms with van der Waals surface area (Å²) in [5.41, 5.74) is 1.15. The van der Waals surface area contributed by atoms with E-state index in [4.69, 9.17) is 0 Å². The molecule has 1 aromatic heterocycles. The van der Waals surface area contributed by atoms with E-state index >= 15 is 0 Å². The van der Waals surface area contributed by atoms with Crippen LogP contribution in [0.1, 0.15) is 24.2 Å². The Hall–Kier alpha value is -0.960. The Labute approximate surface area is 126 Å². The van der Waals surface area contributed by atoms with E-state index < -0.39 is 10.0 Å². The molecule has 1 aliphatic heterocycles. The molecule has 8 heteroatoms. The highest BCUT2D eigenvalue weighted by Crippen LogP contribution is 2.26. The number of H-pyrrole nitrogens is 1. The number of aromatic nitrogens is 2. The van der Waals surface area contributed by atoms with E-state index in [-0.39, 0.29) is 6.04 Å². The van der Waals surface area contributed by atoms with Gasteiger partial charge < -0.3 is 10.2 Å². The molecule has 120 valence electrons. The Kier molecular flexibility index (Phi) is 5.03. The number of nitrogens with zero attached hydrogens (tertiary/aromatic N) is 3. The number of nitrogens with one attached hydrogen (secondary N) is 2. The van der Waals surface area contributed by atoms with Gasteiger partial charge in [-0.3, -0.25) is 5.10 Å². The van der Waals surface area contributed by atoms with Crippen LogP contribution >= 0.6 is 0 Å². The fourth-order valence-corrected chi connectivity index (χ4v) is 4.54. The highest BCUT2D eigenvalue weighted by molar-refractivity contribution is 7.89. The molecule has 2 N–H and O–H groups in total. The third kappa shape index (κ3) is 3.28. The Balaban J connectivity index is 2.27. The van der Waals surface area contributed by atoms with E-state index in [2.05, 4.69) is 27.5 Å². The number of aromatic amines is 1. The van der Waals surface area contributed by atoms with Crippen molar-refractivity contribution in [2.24, 2.45) is 0 Å². The van der Waals surface area contributed by atoms with Crippen LogP contribution in [0, 0.1) is 6.92 Å². The van der Waals surface area contributed by atoms with E-state index in [1.807, 2.05) is 0 Å². The van der Waals surface area contributed by atoms with Crippen LogP contribution in [0.3, 0.4) is 0 Å². The standard InChI is InChI=1S/C13H25N5O2S/c1-10-13(12(9-14-2)16-15-10)21(19,20)18(4)11-5-7-17(3)8-6-11/h11,14H,5-9H2,1-4H3,(H,15,16). The van der Waals surface area contributed by atoms with Crippen LogP contribution in [0.4, 0.5) is 0 Å². The number of likely N-dealkylation sites (tertiary alicyclic amines) is 1. The van der Waals surface area contributed by atoms with Gasteiger partial charge in [0.05, 0.1) is 11.4 Å². The van der Waals surface area contributed by atoms with E-state index in [0.29, 0.717) is 22.8 Å². The van der Waals surface area contributed by atoms with E-state index in [1.54, 1.807) is 21.0 Å². The number of hydrogen-bond donors (Lipinski definition) is 2. The van der Waals surface area contributed by atoms with Crippen LogP contribution in [-0.2, 0) is 16.6 Å².